The maximum atomic E-state index is 13.4. The number of rotatable bonds is 4. The van der Waals surface area contributed by atoms with Crippen LogP contribution in [0.25, 0.3) is 0 Å². The van der Waals surface area contributed by atoms with E-state index < -0.39 is 11.6 Å². The Hall–Kier alpha value is -1.49. The number of hydrogen-bond acceptors (Lipinski definition) is 2. The Kier molecular flexibility index (Phi) is 4.47. The molecule has 2 rings (SSSR count). The van der Waals surface area contributed by atoms with Gasteiger partial charge in [0.05, 0.1) is 6.04 Å². The molecule has 1 aliphatic rings. The number of benzene rings is 1. The minimum Gasteiger partial charge on any atom is -0.344 e. The van der Waals surface area contributed by atoms with Crippen molar-refractivity contribution >= 4 is 5.91 Å². The molecule has 1 aromatic rings. The molecule has 1 saturated heterocycles. The van der Waals surface area contributed by atoms with E-state index >= 15 is 0 Å². The molecule has 1 N–H and O–H groups in total. The van der Waals surface area contributed by atoms with Crippen molar-refractivity contribution in [2.24, 2.45) is 0 Å². The summed E-state index contributed by atoms with van der Waals surface area (Å²) in [4.78, 5) is 13.6. The van der Waals surface area contributed by atoms with Gasteiger partial charge in [-0.1, -0.05) is 0 Å². The average Bonchev–Trinajstić information content (AvgIpc) is 2.92. The van der Waals surface area contributed by atoms with Gasteiger partial charge in [0.2, 0.25) is 5.91 Å². The molecule has 1 unspecified atom stereocenters. The van der Waals surface area contributed by atoms with Crippen LogP contribution in [0.3, 0.4) is 0 Å². The van der Waals surface area contributed by atoms with E-state index in [-0.39, 0.29) is 11.9 Å². The Bertz CT molecular complexity index is 459. The second-order valence-electron chi connectivity index (χ2n) is 4.89. The van der Waals surface area contributed by atoms with Crippen LogP contribution in [0.5, 0.6) is 0 Å². The summed E-state index contributed by atoms with van der Waals surface area (Å²) in [5, 5.41) is 3.13. The Balaban J connectivity index is 1.90. The lowest BCUT2D eigenvalue weighted by Gasteiger charge is -2.21. The molecule has 0 bridgehead atoms. The molecule has 5 heteroatoms. The molecular weight excluding hydrogens is 250 g/mol. The highest BCUT2D eigenvalue weighted by atomic mass is 19.1. The van der Waals surface area contributed by atoms with Crippen LogP contribution in [0.1, 0.15) is 18.4 Å². The summed E-state index contributed by atoms with van der Waals surface area (Å²) < 4.78 is 26.5. The van der Waals surface area contributed by atoms with Crippen LogP contribution in [0.2, 0.25) is 0 Å². The standard InChI is InChI=1S/C14H18F2N2O/c1-18(14(19)13-3-2-7-17-13)8-6-10-9-11(15)4-5-12(10)16/h4-5,9,13,17H,2-3,6-8H2,1H3. The first-order valence-corrected chi connectivity index (χ1v) is 6.50. The van der Waals surface area contributed by atoms with Gasteiger partial charge in [0.15, 0.2) is 0 Å². The van der Waals surface area contributed by atoms with E-state index in [9.17, 15) is 13.6 Å². The number of carbonyl (C=O) groups is 1. The maximum Gasteiger partial charge on any atom is 0.239 e. The maximum absolute atomic E-state index is 13.4. The lowest BCUT2D eigenvalue weighted by molar-refractivity contribution is -0.131. The van der Waals surface area contributed by atoms with Crippen molar-refractivity contribution in [2.75, 3.05) is 20.1 Å². The van der Waals surface area contributed by atoms with Crippen LogP contribution < -0.4 is 5.32 Å². The van der Waals surface area contributed by atoms with E-state index in [0.717, 1.165) is 31.5 Å². The molecule has 0 spiro atoms. The van der Waals surface area contributed by atoms with Crippen molar-refractivity contribution in [3.8, 4) is 0 Å². The first-order valence-electron chi connectivity index (χ1n) is 6.50. The molecule has 1 fully saturated rings. The summed E-state index contributed by atoms with van der Waals surface area (Å²) >= 11 is 0. The highest BCUT2D eigenvalue weighted by Gasteiger charge is 2.24. The molecule has 1 amide bonds. The van der Waals surface area contributed by atoms with E-state index in [1.165, 1.54) is 6.07 Å². The van der Waals surface area contributed by atoms with Crippen molar-refractivity contribution < 1.29 is 13.6 Å². The fourth-order valence-corrected chi connectivity index (χ4v) is 2.29. The fourth-order valence-electron chi connectivity index (χ4n) is 2.29. The zero-order chi connectivity index (χ0) is 13.8. The van der Waals surface area contributed by atoms with Gasteiger partial charge in [0.1, 0.15) is 11.6 Å². The summed E-state index contributed by atoms with van der Waals surface area (Å²) in [5.41, 5.74) is 0.305. The summed E-state index contributed by atoms with van der Waals surface area (Å²) in [6.45, 7) is 1.25. The number of nitrogens with zero attached hydrogens (tertiary/aromatic N) is 1. The zero-order valence-corrected chi connectivity index (χ0v) is 11.0. The molecule has 1 heterocycles. The molecule has 1 aliphatic heterocycles. The Morgan fingerprint density at radius 2 is 2.26 bits per heavy atom. The number of likely N-dealkylation sites (N-methyl/N-ethyl adjacent to an activating group) is 1. The number of hydrogen-bond donors (Lipinski definition) is 1. The van der Waals surface area contributed by atoms with Crippen LogP contribution in [0, 0.1) is 11.6 Å². The van der Waals surface area contributed by atoms with Crippen molar-refractivity contribution in [2.45, 2.75) is 25.3 Å². The van der Waals surface area contributed by atoms with Gasteiger partial charge in [0, 0.05) is 13.6 Å². The Morgan fingerprint density at radius 1 is 1.47 bits per heavy atom. The van der Waals surface area contributed by atoms with Crippen molar-refractivity contribution in [1.82, 2.24) is 10.2 Å². The van der Waals surface area contributed by atoms with Crippen LogP contribution in [0.15, 0.2) is 18.2 Å². The van der Waals surface area contributed by atoms with Gasteiger partial charge in [-0.15, -0.1) is 0 Å². The molecule has 1 atom stereocenters. The lowest BCUT2D eigenvalue weighted by atomic mass is 10.1. The molecule has 0 saturated carbocycles. The van der Waals surface area contributed by atoms with Crippen LogP contribution in [-0.4, -0.2) is 37.0 Å². The SMILES string of the molecule is CN(CCc1cc(F)ccc1F)C(=O)C1CCCN1. The highest BCUT2D eigenvalue weighted by Crippen LogP contribution is 2.12. The molecule has 0 aliphatic carbocycles. The molecule has 19 heavy (non-hydrogen) atoms. The van der Waals surface area contributed by atoms with E-state index in [4.69, 9.17) is 0 Å². The first-order chi connectivity index (χ1) is 9.08. The number of nitrogens with one attached hydrogen (secondary N) is 1. The normalized spacial score (nSPS) is 18.6. The first kappa shape index (κ1) is 13.9. The summed E-state index contributed by atoms with van der Waals surface area (Å²) in [5.74, 6) is -0.863. The summed E-state index contributed by atoms with van der Waals surface area (Å²) in [7, 11) is 1.69. The third-order valence-corrected chi connectivity index (χ3v) is 3.46. The molecule has 0 radical (unpaired) electrons. The molecule has 1 aromatic carbocycles. The predicted octanol–water partition coefficient (Wildman–Crippen LogP) is 1.72. The Morgan fingerprint density at radius 3 is 2.95 bits per heavy atom. The number of halogens is 2. The minimum atomic E-state index is -0.456. The van der Waals surface area contributed by atoms with Gasteiger partial charge in [-0.2, -0.15) is 0 Å². The quantitative estimate of drug-likeness (QED) is 0.901. The van der Waals surface area contributed by atoms with Crippen molar-refractivity contribution in [3.05, 3.63) is 35.4 Å². The van der Waals surface area contributed by atoms with Gasteiger partial charge >= 0.3 is 0 Å². The van der Waals surface area contributed by atoms with E-state index in [1.807, 2.05) is 0 Å². The van der Waals surface area contributed by atoms with Gasteiger partial charge < -0.3 is 10.2 Å². The molecule has 104 valence electrons. The van der Waals surface area contributed by atoms with Crippen LogP contribution in [-0.2, 0) is 11.2 Å². The predicted molar refractivity (Wildman–Crippen MR) is 68.7 cm³/mol. The van der Waals surface area contributed by atoms with Gasteiger partial charge in [0.25, 0.3) is 0 Å². The fraction of sp³-hybridized carbons (Fsp3) is 0.500. The molecule has 3 nitrogen and oxygen atoms in total. The van der Waals surface area contributed by atoms with E-state index in [2.05, 4.69) is 5.32 Å². The van der Waals surface area contributed by atoms with Gasteiger partial charge in [-0.25, -0.2) is 8.78 Å². The molecular formula is C14H18F2N2O. The van der Waals surface area contributed by atoms with Crippen LogP contribution in [0.4, 0.5) is 8.78 Å². The number of amides is 1. The largest absolute Gasteiger partial charge is 0.344 e. The lowest BCUT2D eigenvalue weighted by Crippen LogP contribution is -2.42. The number of carbonyl (C=O) groups excluding carboxylic acids is 1. The second-order valence-corrected chi connectivity index (χ2v) is 4.89. The van der Waals surface area contributed by atoms with E-state index in [1.54, 1.807) is 11.9 Å². The topological polar surface area (TPSA) is 32.3 Å². The average molecular weight is 268 g/mol. The van der Waals surface area contributed by atoms with Gasteiger partial charge in [-0.05, 0) is 49.6 Å². The smallest absolute Gasteiger partial charge is 0.239 e. The van der Waals surface area contributed by atoms with E-state index in [0.29, 0.717) is 18.5 Å². The summed E-state index contributed by atoms with van der Waals surface area (Å²) in [6, 6.07) is 3.27. The highest BCUT2D eigenvalue weighted by molar-refractivity contribution is 5.81. The van der Waals surface area contributed by atoms with Crippen LogP contribution >= 0.6 is 0 Å². The summed E-state index contributed by atoms with van der Waals surface area (Å²) in [6.07, 6.45) is 2.17. The third kappa shape index (κ3) is 3.50. The minimum absolute atomic E-state index is 0.0225. The third-order valence-electron chi connectivity index (χ3n) is 3.46. The van der Waals surface area contributed by atoms with Crippen molar-refractivity contribution in [3.63, 3.8) is 0 Å². The zero-order valence-electron chi connectivity index (χ0n) is 11.0. The van der Waals surface area contributed by atoms with Gasteiger partial charge in [-0.3, -0.25) is 4.79 Å². The molecule has 0 aromatic heterocycles. The second kappa shape index (κ2) is 6.10. The van der Waals surface area contributed by atoms with Crippen molar-refractivity contribution in [1.29, 1.82) is 0 Å². The monoisotopic (exact) mass is 268 g/mol. The Labute approximate surface area is 111 Å².